The van der Waals surface area contributed by atoms with Gasteiger partial charge in [-0.2, -0.15) is 0 Å². The third-order valence-corrected chi connectivity index (χ3v) is 4.00. The maximum absolute atomic E-state index is 5.89. The Kier molecular flexibility index (Phi) is 3.50. The van der Waals surface area contributed by atoms with Crippen LogP contribution in [0.4, 0.5) is 11.4 Å². The van der Waals surface area contributed by atoms with Gasteiger partial charge in [-0.1, -0.05) is 24.3 Å². The summed E-state index contributed by atoms with van der Waals surface area (Å²) in [6.45, 7) is 2.06. The molecule has 0 aromatic heterocycles. The van der Waals surface area contributed by atoms with E-state index in [-0.39, 0.29) is 0 Å². The van der Waals surface area contributed by atoms with Crippen LogP contribution in [0.3, 0.4) is 0 Å². The van der Waals surface area contributed by atoms with Crippen LogP contribution in [0, 0.1) is 0 Å². The summed E-state index contributed by atoms with van der Waals surface area (Å²) in [6, 6.07) is 14.8. The standard InChI is InChI=1S/C17H20N2O/c1-20-17-12-15(6-7-16(17)18)19-10-8-13-4-2-3-5-14(13)9-11-19/h2-7,12H,8-11,18H2,1H3. The Morgan fingerprint density at radius 3 is 2.25 bits per heavy atom. The second-order valence-electron chi connectivity index (χ2n) is 5.18. The van der Waals surface area contributed by atoms with E-state index in [1.807, 2.05) is 12.1 Å². The van der Waals surface area contributed by atoms with Crippen LogP contribution < -0.4 is 15.4 Å². The smallest absolute Gasteiger partial charge is 0.143 e. The third-order valence-electron chi connectivity index (χ3n) is 4.00. The van der Waals surface area contributed by atoms with Gasteiger partial charge in [-0.3, -0.25) is 0 Å². The van der Waals surface area contributed by atoms with E-state index in [0.717, 1.165) is 31.7 Å². The summed E-state index contributed by atoms with van der Waals surface area (Å²) in [5.41, 5.74) is 10.7. The minimum Gasteiger partial charge on any atom is -0.495 e. The third kappa shape index (κ3) is 2.44. The van der Waals surface area contributed by atoms with Gasteiger partial charge in [-0.15, -0.1) is 0 Å². The first-order valence-corrected chi connectivity index (χ1v) is 7.03. The van der Waals surface area contributed by atoms with Gasteiger partial charge in [0.15, 0.2) is 0 Å². The molecule has 2 N–H and O–H groups in total. The molecule has 3 heteroatoms. The van der Waals surface area contributed by atoms with Gasteiger partial charge in [-0.05, 0) is 36.1 Å². The molecule has 1 aliphatic heterocycles. The van der Waals surface area contributed by atoms with E-state index in [2.05, 4.69) is 35.2 Å². The molecule has 1 aliphatic rings. The predicted molar refractivity (Wildman–Crippen MR) is 83.5 cm³/mol. The second-order valence-corrected chi connectivity index (χ2v) is 5.18. The highest BCUT2D eigenvalue weighted by Gasteiger charge is 2.14. The summed E-state index contributed by atoms with van der Waals surface area (Å²) >= 11 is 0. The van der Waals surface area contributed by atoms with Crippen LogP contribution in [0.1, 0.15) is 11.1 Å². The fourth-order valence-corrected chi connectivity index (χ4v) is 2.82. The quantitative estimate of drug-likeness (QED) is 0.851. The summed E-state index contributed by atoms with van der Waals surface area (Å²) in [5.74, 6) is 0.754. The summed E-state index contributed by atoms with van der Waals surface area (Å²) in [6.07, 6.45) is 2.17. The molecule has 0 bridgehead atoms. The molecule has 0 atom stereocenters. The van der Waals surface area contributed by atoms with Crippen molar-refractivity contribution < 1.29 is 4.74 Å². The Balaban J connectivity index is 1.83. The monoisotopic (exact) mass is 268 g/mol. The summed E-state index contributed by atoms with van der Waals surface area (Å²) in [7, 11) is 1.66. The molecule has 2 aromatic carbocycles. The van der Waals surface area contributed by atoms with E-state index in [9.17, 15) is 0 Å². The van der Waals surface area contributed by atoms with Crippen molar-refractivity contribution in [1.29, 1.82) is 0 Å². The van der Waals surface area contributed by atoms with E-state index < -0.39 is 0 Å². The maximum atomic E-state index is 5.89. The number of hydrogen-bond donors (Lipinski definition) is 1. The Hall–Kier alpha value is -2.16. The minimum absolute atomic E-state index is 0.689. The van der Waals surface area contributed by atoms with Gasteiger partial charge in [-0.25, -0.2) is 0 Å². The molecule has 0 aliphatic carbocycles. The lowest BCUT2D eigenvalue weighted by molar-refractivity contribution is 0.417. The lowest BCUT2D eigenvalue weighted by Crippen LogP contribution is -2.25. The van der Waals surface area contributed by atoms with Gasteiger partial charge in [0, 0.05) is 24.8 Å². The van der Waals surface area contributed by atoms with Crippen LogP contribution in [0.5, 0.6) is 5.75 Å². The maximum Gasteiger partial charge on any atom is 0.143 e. The highest BCUT2D eigenvalue weighted by Crippen LogP contribution is 2.28. The van der Waals surface area contributed by atoms with Crippen LogP contribution in [0.15, 0.2) is 42.5 Å². The van der Waals surface area contributed by atoms with E-state index >= 15 is 0 Å². The molecule has 3 nitrogen and oxygen atoms in total. The van der Waals surface area contributed by atoms with E-state index in [4.69, 9.17) is 10.5 Å². The fourth-order valence-electron chi connectivity index (χ4n) is 2.82. The first-order valence-electron chi connectivity index (χ1n) is 7.03. The molecule has 20 heavy (non-hydrogen) atoms. The molecule has 1 heterocycles. The molecule has 3 rings (SSSR count). The lowest BCUT2D eigenvalue weighted by Gasteiger charge is -2.23. The Morgan fingerprint density at radius 2 is 1.65 bits per heavy atom. The SMILES string of the molecule is COc1cc(N2CCc3ccccc3CC2)ccc1N. The normalized spacial score (nSPS) is 14.6. The molecule has 0 unspecified atom stereocenters. The molecular formula is C17H20N2O. The van der Waals surface area contributed by atoms with Gasteiger partial charge < -0.3 is 15.4 Å². The largest absolute Gasteiger partial charge is 0.495 e. The molecular weight excluding hydrogens is 248 g/mol. The minimum atomic E-state index is 0.689. The van der Waals surface area contributed by atoms with Crippen molar-refractivity contribution in [2.45, 2.75) is 12.8 Å². The fraction of sp³-hybridized carbons (Fsp3) is 0.294. The van der Waals surface area contributed by atoms with E-state index in [0.29, 0.717) is 5.69 Å². The Bertz CT molecular complexity index is 583. The van der Waals surface area contributed by atoms with Crippen molar-refractivity contribution >= 4 is 11.4 Å². The second kappa shape index (κ2) is 5.45. The molecule has 0 saturated carbocycles. The molecule has 104 valence electrons. The molecule has 0 saturated heterocycles. The van der Waals surface area contributed by atoms with Crippen molar-refractivity contribution in [2.24, 2.45) is 0 Å². The van der Waals surface area contributed by atoms with Crippen molar-refractivity contribution in [3.63, 3.8) is 0 Å². The van der Waals surface area contributed by atoms with Gasteiger partial charge in [0.2, 0.25) is 0 Å². The number of ether oxygens (including phenoxy) is 1. The average molecular weight is 268 g/mol. The van der Waals surface area contributed by atoms with Crippen LogP contribution in [-0.4, -0.2) is 20.2 Å². The molecule has 0 radical (unpaired) electrons. The van der Waals surface area contributed by atoms with Gasteiger partial charge in [0.25, 0.3) is 0 Å². The predicted octanol–water partition coefficient (Wildman–Crippen LogP) is 2.88. The van der Waals surface area contributed by atoms with E-state index in [1.165, 1.54) is 16.8 Å². The van der Waals surface area contributed by atoms with Crippen LogP contribution in [-0.2, 0) is 12.8 Å². The van der Waals surface area contributed by atoms with E-state index in [1.54, 1.807) is 7.11 Å². The van der Waals surface area contributed by atoms with Crippen molar-refractivity contribution in [2.75, 3.05) is 30.8 Å². The first-order chi connectivity index (χ1) is 9.78. The van der Waals surface area contributed by atoms with Crippen LogP contribution in [0.25, 0.3) is 0 Å². The topological polar surface area (TPSA) is 38.5 Å². The molecule has 0 amide bonds. The Labute approximate surface area is 120 Å². The van der Waals surface area contributed by atoms with Crippen molar-refractivity contribution in [1.82, 2.24) is 0 Å². The number of nitrogens with two attached hydrogens (primary N) is 1. The number of hydrogen-bond acceptors (Lipinski definition) is 3. The zero-order chi connectivity index (χ0) is 13.9. The highest BCUT2D eigenvalue weighted by atomic mass is 16.5. The first kappa shape index (κ1) is 12.9. The molecule has 0 fully saturated rings. The van der Waals surface area contributed by atoms with Crippen molar-refractivity contribution in [3.8, 4) is 5.75 Å². The average Bonchev–Trinajstić information content (AvgIpc) is 2.70. The van der Waals surface area contributed by atoms with Crippen molar-refractivity contribution in [3.05, 3.63) is 53.6 Å². The van der Waals surface area contributed by atoms with Crippen LogP contribution in [0.2, 0.25) is 0 Å². The number of methoxy groups -OCH3 is 1. The summed E-state index contributed by atoms with van der Waals surface area (Å²) in [4.78, 5) is 2.40. The van der Waals surface area contributed by atoms with Gasteiger partial charge in [0.05, 0.1) is 12.8 Å². The van der Waals surface area contributed by atoms with Gasteiger partial charge in [0.1, 0.15) is 5.75 Å². The zero-order valence-electron chi connectivity index (χ0n) is 11.8. The Morgan fingerprint density at radius 1 is 1.00 bits per heavy atom. The highest BCUT2D eigenvalue weighted by molar-refractivity contribution is 5.62. The number of fused-ring (bicyclic) bond motifs is 1. The molecule has 2 aromatic rings. The number of nitrogens with zero attached hydrogens (tertiary/aromatic N) is 1. The van der Waals surface area contributed by atoms with Gasteiger partial charge >= 0.3 is 0 Å². The van der Waals surface area contributed by atoms with Crippen LogP contribution >= 0.6 is 0 Å². The number of rotatable bonds is 2. The number of anilines is 2. The summed E-state index contributed by atoms with van der Waals surface area (Å²) in [5, 5.41) is 0. The number of benzene rings is 2. The number of nitrogen functional groups attached to an aromatic ring is 1. The molecule has 0 spiro atoms. The zero-order valence-corrected chi connectivity index (χ0v) is 11.8. The summed E-state index contributed by atoms with van der Waals surface area (Å²) < 4.78 is 5.32. The lowest BCUT2D eigenvalue weighted by atomic mass is 10.0.